The highest BCUT2D eigenvalue weighted by molar-refractivity contribution is 7.88. The Bertz CT molecular complexity index is 409. The van der Waals surface area contributed by atoms with Gasteiger partial charge in [-0.1, -0.05) is 13.8 Å². The van der Waals surface area contributed by atoms with Crippen molar-refractivity contribution in [2.24, 2.45) is 5.41 Å². The first kappa shape index (κ1) is 16.4. The lowest BCUT2D eigenvalue weighted by Gasteiger charge is -2.38. The zero-order valence-corrected chi connectivity index (χ0v) is 12.7. The molecule has 0 aromatic rings. The fourth-order valence-electron chi connectivity index (χ4n) is 2.49. The molecule has 1 fully saturated rings. The Hall–Kier alpha value is -0.660. The molecule has 7 heteroatoms. The quantitative estimate of drug-likeness (QED) is 0.769. The second-order valence-corrected chi connectivity index (χ2v) is 7.21. The minimum absolute atomic E-state index is 0.446. The molecule has 0 bridgehead atoms. The Morgan fingerprint density at radius 2 is 1.63 bits per heavy atom. The Labute approximate surface area is 115 Å². The van der Waals surface area contributed by atoms with Gasteiger partial charge in [0.2, 0.25) is 10.0 Å². The number of piperazine rings is 1. The van der Waals surface area contributed by atoms with Crippen LogP contribution in [0.25, 0.3) is 0 Å². The maximum Gasteiger partial charge on any atom is 0.310 e. The summed E-state index contributed by atoms with van der Waals surface area (Å²) < 4.78 is 24.3. The number of aliphatic carboxylic acids is 1. The molecule has 1 N–H and O–H groups in total. The van der Waals surface area contributed by atoms with E-state index in [1.165, 1.54) is 10.6 Å². The van der Waals surface area contributed by atoms with E-state index < -0.39 is 21.4 Å². The molecule has 0 aromatic carbocycles. The van der Waals surface area contributed by atoms with Crippen LogP contribution >= 0.6 is 0 Å². The van der Waals surface area contributed by atoms with Crippen LogP contribution in [-0.4, -0.2) is 67.7 Å². The first-order valence-corrected chi connectivity index (χ1v) is 8.51. The Kier molecular flexibility index (Phi) is 5.34. The highest BCUT2D eigenvalue weighted by atomic mass is 32.2. The maximum absolute atomic E-state index is 11.4. The Morgan fingerprint density at radius 3 is 1.95 bits per heavy atom. The van der Waals surface area contributed by atoms with Crippen LogP contribution in [0.2, 0.25) is 0 Å². The summed E-state index contributed by atoms with van der Waals surface area (Å²) in [6.07, 6.45) is 2.39. The molecule has 112 valence electrons. The van der Waals surface area contributed by atoms with E-state index >= 15 is 0 Å². The fourth-order valence-corrected chi connectivity index (χ4v) is 3.32. The van der Waals surface area contributed by atoms with Gasteiger partial charge in [0.25, 0.3) is 0 Å². The van der Waals surface area contributed by atoms with E-state index in [-0.39, 0.29) is 0 Å². The van der Waals surface area contributed by atoms with Gasteiger partial charge in [0.15, 0.2) is 0 Å². The molecule has 1 heterocycles. The van der Waals surface area contributed by atoms with Gasteiger partial charge in [-0.05, 0) is 12.8 Å². The molecule has 1 aliphatic heterocycles. The highest BCUT2D eigenvalue weighted by Crippen LogP contribution is 2.28. The summed E-state index contributed by atoms with van der Waals surface area (Å²) in [5, 5.41) is 9.40. The zero-order valence-electron chi connectivity index (χ0n) is 11.9. The van der Waals surface area contributed by atoms with Gasteiger partial charge in [-0.15, -0.1) is 0 Å². The molecule has 0 spiro atoms. The first-order chi connectivity index (χ1) is 8.75. The highest BCUT2D eigenvalue weighted by Gasteiger charge is 2.37. The number of hydrogen-bond donors (Lipinski definition) is 1. The lowest BCUT2D eigenvalue weighted by Crippen LogP contribution is -2.52. The second kappa shape index (κ2) is 6.19. The van der Waals surface area contributed by atoms with Crippen LogP contribution in [0, 0.1) is 5.41 Å². The van der Waals surface area contributed by atoms with Crippen LogP contribution in [0.3, 0.4) is 0 Å². The molecule has 0 unspecified atom stereocenters. The number of carbonyl (C=O) groups is 1. The summed E-state index contributed by atoms with van der Waals surface area (Å²) in [7, 11) is -3.13. The maximum atomic E-state index is 11.4. The van der Waals surface area contributed by atoms with E-state index in [1.54, 1.807) is 0 Å². The molecule has 6 nitrogen and oxygen atoms in total. The molecule has 0 radical (unpaired) electrons. The summed E-state index contributed by atoms with van der Waals surface area (Å²) in [6.45, 7) is 6.37. The Balaban J connectivity index is 2.64. The van der Waals surface area contributed by atoms with Gasteiger partial charge < -0.3 is 5.11 Å². The van der Waals surface area contributed by atoms with E-state index in [2.05, 4.69) is 4.90 Å². The van der Waals surface area contributed by atoms with Gasteiger partial charge in [0.1, 0.15) is 0 Å². The summed E-state index contributed by atoms with van der Waals surface area (Å²) in [6, 6.07) is 0. The van der Waals surface area contributed by atoms with E-state index in [0.29, 0.717) is 45.6 Å². The van der Waals surface area contributed by atoms with E-state index in [9.17, 15) is 18.3 Å². The molecule has 0 saturated carbocycles. The lowest BCUT2D eigenvalue weighted by molar-refractivity contribution is -0.151. The molecule has 1 saturated heterocycles. The molecule has 0 aromatic heterocycles. The van der Waals surface area contributed by atoms with Crippen LogP contribution in [0.1, 0.15) is 26.7 Å². The Morgan fingerprint density at radius 1 is 1.16 bits per heavy atom. The van der Waals surface area contributed by atoms with Crippen molar-refractivity contribution in [2.45, 2.75) is 26.7 Å². The third-order valence-electron chi connectivity index (χ3n) is 4.13. The number of carboxylic acid groups (broad SMARTS) is 1. The van der Waals surface area contributed by atoms with Gasteiger partial charge in [-0.3, -0.25) is 9.69 Å². The number of nitrogens with zero attached hydrogens (tertiary/aromatic N) is 2. The first-order valence-electron chi connectivity index (χ1n) is 6.66. The SMILES string of the molecule is CCC(CC)(CN1CCN(S(C)(=O)=O)CC1)C(=O)O. The van der Waals surface area contributed by atoms with Crippen LogP contribution < -0.4 is 0 Å². The van der Waals surface area contributed by atoms with Gasteiger partial charge in [0, 0.05) is 32.7 Å². The van der Waals surface area contributed by atoms with Crippen LogP contribution in [0.15, 0.2) is 0 Å². The normalized spacial score (nSPS) is 19.5. The minimum atomic E-state index is -3.13. The van der Waals surface area contributed by atoms with Crippen molar-refractivity contribution in [2.75, 3.05) is 39.0 Å². The summed E-state index contributed by atoms with van der Waals surface area (Å²) in [5.74, 6) is -0.761. The van der Waals surface area contributed by atoms with Gasteiger partial charge in [-0.25, -0.2) is 8.42 Å². The van der Waals surface area contributed by atoms with E-state index in [0.717, 1.165) is 0 Å². The lowest BCUT2D eigenvalue weighted by atomic mass is 9.81. The summed E-state index contributed by atoms with van der Waals surface area (Å²) in [5.41, 5.74) is -0.715. The number of rotatable bonds is 6. The van der Waals surface area contributed by atoms with Crippen molar-refractivity contribution in [3.05, 3.63) is 0 Å². The predicted octanol–water partition coefficient (Wildman–Crippen LogP) is 0.455. The van der Waals surface area contributed by atoms with Crippen LogP contribution in [0.4, 0.5) is 0 Å². The summed E-state index contributed by atoms with van der Waals surface area (Å²) >= 11 is 0. The average Bonchev–Trinajstić information content (AvgIpc) is 2.35. The van der Waals surface area contributed by atoms with Crippen molar-refractivity contribution in [3.8, 4) is 0 Å². The van der Waals surface area contributed by atoms with E-state index in [4.69, 9.17) is 0 Å². The number of hydrogen-bond acceptors (Lipinski definition) is 4. The standard InChI is InChI=1S/C12H24N2O4S/c1-4-12(5-2,11(15)16)10-13-6-8-14(9-7-13)19(3,17)18/h4-10H2,1-3H3,(H,15,16). The minimum Gasteiger partial charge on any atom is -0.481 e. The van der Waals surface area contributed by atoms with Gasteiger partial charge in [0.05, 0.1) is 11.7 Å². The molecular weight excluding hydrogens is 268 g/mol. The third kappa shape index (κ3) is 3.90. The van der Waals surface area contributed by atoms with E-state index in [1.807, 2.05) is 13.8 Å². The molecule has 0 aliphatic carbocycles. The molecule has 1 rings (SSSR count). The van der Waals surface area contributed by atoms with Gasteiger partial charge in [-0.2, -0.15) is 4.31 Å². The van der Waals surface area contributed by atoms with Crippen molar-refractivity contribution >= 4 is 16.0 Å². The van der Waals surface area contributed by atoms with Gasteiger partial charge >= 0.3 is 5.97 Å². The van der Waals surface area contributed by atoms with Crippen molar-refractivity contribution < 1.29 is 18.3 Å². The third-order valence-corrected chi connectivity index (χ3v) is 5.44. The molecule has 0 atom stereocenters. The largest absolute Gasteiger partial charge is 0.481 e. The topological polar surface area (TPSA) is 77.9 Å². The predicted molar refractivity (Wildman–Crippen MR) is 73.5 cm³/mol. The summed E-state index contributed by atoms with van der Waals surface area (Å²) in [4.78, 5) is 13.5. The fraction of sp³-hybridized carbons (Fsp3) is 0.917. The molecular formula is C12H24N2O4S. The molecule has 0 amide bonds. The monoisotopic (exact) mass is 292 g/mol. The molecule has 19 heavy (non-hydrogen) atoms. The second-order valence-electron chi connectivity index (χ2n) is 5.23. The number of carboxylic acids is 1. The van der Waals surface area contributed by atoms with Crippen LogP contribution in [0.5, 0.6) is 0 Å². The van der Waals surface area contributed by atoms with Crippen molar-refractivity contribution in [1.82, 2.24) is 9.21 Å². The van der Waals surface area contributed by atoms with Crippen molar-refractivity contribution in [1.29, 1.82) is 0 Å². The zero-order chi connectivity index (χ0) is 14.7. The molecule has 1 aliphatic rings. The number of sulfonamides is 1. The average molecular weight is 292 g/mol. The smallest absolute Gasteiger partial charge is 0.310 e. The van der Waals surface area contributed by atoms with Crippen molar-refractivity contribution in [3.63, 3.8) is 0 Å². The van der Waals surface area contributed by atoms with Crippen LogP contribution in [-0.2, 0) is 14.8 Å².